The summed E-state index contributed by atoms with van der Waals surface area (Å²) in [6, 6.07) is 5.82. The predicted molar refractivity (Wildman–Crippen MR) is 126 cm³/mol. The lowest BCUT2D eigenvalue weighted by molar-refractivity contribution is -0.147. The Labute approximate surface area is 192 Å². The molecule has 174 valence electrons. The zero-order valence-corrected chi connectivity index (χ0v) is 19.5. The van der Waals surface area contributed by atoms with Crippen molar-refractivity contribution in [2.75, 3.05) is 34.4 Å². The molecule has 3 aromatic rings. The van der Waals surface area contributed by atoms with Gasteiger partial charge in [-0.15, -0.1) is 0 Å². The van der Waals surface area contributed by atoms with Crippen LogP contribution in [0.4, 0.5) is 0 Å². The third-order valence-electron chi connectivity index (χ3n) is 6.41. The van der Waals surface area contributed by atoms with Crippen LogP contribution in [0.3, 0.4) is 0 Å². The summed E-state index contributed by atoms with van der Waals surface area (Å²) in [6.45, 7) is 2.25. The first-order valence-electron chi connectivity index (χ1n) is 11.0. The molecule has 0 atom stereocenters. The van der Waals surface area contributed by atoms with Crippen LogP contribution in [0.25, 0.3) is 21.9 Å². The zero-order valence-electron chi connectivity index (χ0n) is 19.5. The number of esters is 1. The van der Waals surface area contributed by atoms with E-state index < -0.39 is 0 Å². The summed E-state index contributed by atoms with van der Waals surface area (Å²) in [5.74, 6) is 1.27. The van der Waals surface area contributed by atoms with E-state index in [1.54, 1.807) is 38.2 Å². The number of methoxy groups -OCH3 is 3. The number of aromatic nitrogens is 2. The Morgan fingerprint density at radius 1 is 1.09 bits per heavy atom. The van der Waals surface area contributed by atoms with Crippen molar-refractivity contribution in [3.63, 3.8) is 0 Å². The fourth-order valence-electron chi connectivity index (χ4n) is 4.55. The SMILES string of the molecule is COC(=O)C1CCN(Cc2c(OC)cc(-c3cn(C)c(=O)c4cnccc34)cc2OC)CC1. The third kappa shape index (κ3) is 4.43. The summed E-state index contributed by atoms with van der Waals surface area (Å²) in [4.78, 5) is 30.8. The first-order chi connectivity index (χ1) is 16.0. The van der Waals surface area contributed by atoms with E-state index in [-0.39, 0.29) is 17.4 Å². The summed E-state index contributed by atoms with van der Waals surface area (Å²) in [7, 11) is 6.47. The van der Waals surface area contributed by atoms with Crippen LogP contribution in [0.15, 0.2) is 41.6 Å². The van der Waals surface area contributed by atoms with Crippen molar-refractivity contribution < 1.29 is 19.0 Å². The van der Waals surface area contributed by atoms with E-state index in [1.165, 1.54) is 7.11 Å². The van der Waals surface area contributed by atoms with Crippen LogP contribution in [-0.2, 0) is 23.1 Å². The number of likely N-dealkylation sites (tertiary alicyclic amines) is 1. The molecule has 1 aliphatic heterocycles. The van der Waals surface area contributed by atoms with E-state index in [9.17, 15) is 9.59 Å². The van der Waals surface area contributed by atoms with Crippen molar-refractivity contribution in [2.24, 2.45) is 13.0 Å². The maximum absolute atomic E-state index is 12.6. The molecule has 8 nitrogen and oxygen atoms in total. The Morgan fingerprint density at radius 3 is 2.36 bits per heavy atom. The molecule has 4 rings (SSSR count). The number of benzene rings is 1. The van der Waals surface area contributed by atoms with Gasteiger partial charge in [-0.2, -0.15) is 0 Å². The van der Waals surface area contributed by atoms with Crippen LogP contribution in [0.5, 0.6) is 11.5 Å². The van der Waals surface area contributed by atoms with Gasteiger partial charge in [0.05, 0.1) is 38.2 Å². The number of ether oxygens (including phenoxy) is 3. The van der Waals surface area contributed by atoms with Crippen molar-refractivity contribution >= 4 is 16.7 Å². The summed E-state index contributed by atoms with van der Waals surface area (Å²) in [6.07, 6.45) is 6.66. The summed E-state index contributed by atoms with van der Waals surface area (Å²) in [5, 5.41) is 1.39. The second kappa shape index (κ2) is 9.62. The highest BCUT2D eigenvalue weighted by molar-refractivity contribution is 5.95. The molecule has 0 aliphatic carbocycles. The van der Waals surface area contributed by atoms with Gasteiger partial charge in [-0.05, 0) is 55.1 Å². The first kappa shape index (κ1) is 22.8. The van der Waals surface area contributed by atoms with Gasteiger partial charge in [-0.25, -0.2) is 0 Å². The molecule has 1 fully saturated rings. The lowest BCUT2D eigenvalue weighted by atomic mass is 9.95. The molecule has 33 heavy (non-hydrogen) atoms. The van der Waals surface area contributed by atoms with Gasteiger partial charge in [-0.3, -0.25) is 19.5 Å². The molecule has 1 aliphatic rings. The van der Waals surface area contributed by atoms with Crippen LogP contribution < -0.4 is 15.0 Å². The lowest BCUT2D eigenvalue weighted by Gasteiger charge is -2.31. The number of carbonyl (C=O) groups excluding carboxylic acids is 1. The largest absolute Gasteiger partial charge is 0.496 e. The number of rotatable bonds is 6. The quantitative estimate of drug-likeness (QED) is 0.533. The predicted octanol–water partition coefficient (Wildman–Crippen LogP) is 3.00. The van der Waals surface area contributed by atoms with Crippen LogP contribution in [0, 0.1) is 5.92 Å². The standard InChI is InChI=1S/C25H29N3O5/c1-27-14-20(18-5-8-26-13-19(18)24(27)29)17-11-22(31-2)21(23(12-17)32-3)15-28-9-6-16(7-10-28)25(30)33-4/h5,8,11-14,16H,6-7,9-10,15H2,1-4H3. The van der Waals surface area contributed by atoms with Crippen molar-refractivity contribution in [1.29, 1.82) is 0 Å². The molecule has 0 N–H and O–H groups in total. The van der Waals surface area contributed by atoms with E-state index in [2.05, 4.69) is 9.88 Å². The minimum atomic E-state index is -0.131. The molecule has 1 saturated heterocycles. The van der Waals surface area contributed by atoms with Crippen LogP contribution >= 0.6 is 0 Å². The van der Waals surface area contributed by atoms with Crippen molar-refractivity contribution in [3.05, 3.63) is 52.7 Å². The molecule has 1 aromatic carbocycles. The highest BCUT2D eigenvalue weighted by atomic mass is 16.5. The molecule has 0 bridgehead atoms. The number of carbonyl (C=O) groups is 1. The number of piperidine rings is 1. The van der Waals surface area contributed by atoms with Gasteiger partial charge in [-0.1, -0.05) is 0 Å². The van der Waals surface area contributed by atoms with E-state index in [0.29, 0.717) is 11.9 Å². The Morgan fingerprint density at radius 2 is 1.76 bits per heavy atom. The van der Waals surface area contributed by atoms with Crippen molar-refractivity contribution in [3.8, 4) is 22.6 Å². The van der Waals surface area contributed by atoms with Crippen molar-refractivity contribution in [1.82, 2.24) is 14.5 Å². The van der Waals surface area contributed by atoms with E-state index in [4.69, 9.17) is 14.2 Å². The van der Waals surface area contributed by atoms with Gasteiger partial charge in [0.15, 0.2) is 0 Å². The molecule has 3 heterocycles. The molecular formula is C25H29N3O5. The maximum atomic E-state index is 12.6. The van der Waals surface area contributed by atoms with E-state index in [0.717, 1.165) is 59.5 Å². The number of nitrogens with zero attached hydrogens (tertiary/aromatic N) is 3. The molecular weight excluding hydrogens is 422 g/mol. The zero-order chi connectivity index (χ0) is 23.5. The normalized spacial score (nSPS) is 14.9. The number of fused-ring (bicyclic) bond motifs is 1. The summed E-state index contributed by atoms with van der Waals surface area (Å²) in [5.41, 5.74) is 2.66. The van der Waals surface area contributed by atoms with E-state index in [1.807, 2.05) is 24.4 Å². The molecule has 2 aromatic heterocycles. The highest BCUT2D eigenvalue weighted by Crippen LogP contribution is 2.38. The number of aryl methyl sites for hydroxylation is 1. The van der Waals surface area contributed by atoms with Gasteiger partial charge < -0.3 is 18.8 Å². The summed E-state index contributed by atoms with van der Waals surface area (Å²) >= 11 is 0. The van der Waals surface area contributed by atoms with Crippen LogP contribution in [0.1, 0.15) is 18.4 Å². The minimum Gasteiger partial charge on any atom is -0.496 e. The molecule has 0 saturated carbocycles. The second-order valence-electron chi connectivity index (χ2n) is 8.31. The maximum Gasteiger partial charge on any atom is 0.308 e. The van der Waals surface area contributed by atoms with Gasteiger partial charge in [0.2, 0.25) is 0 Å². The van der Waals surface area contributed by atoms with Crippen molar-refractivity contribution in [2.45, 2.75) is 19.4 Å². The fourth-order valence-corrected chi connectivity index (χ4v) is 4.55. The fraction of sp³-hybridized carbons (Fsp3) is 0.400. The lowest BCUT2D eigenvalue weighted by Crippen LogP contribution is -2.36. The molecule has 0 amide bonds. The smallest absolute Gasteiger partial charge is 0.308 e. The molecule has 0 unspecified atom stereocenters. The van der Waals surface area contributed by atoms with E-state index >= 15 is 0 Å². The molecule has 8 heteroatoms. The summed E-state index contributed by atoms with van der Waals surface area (Å²) < 4.78 is 18.0. The topological polar surface area (TPSA) is 82.9 Å². The monoisotopic (exact) mass is 451 g/mol. The average molecular weight is 452 g/mol. The molecule has 0 radical (unpaired) electrons. The first-order valence-corrected chi connectivity index (χ1v) is 11.0. The Bertz CT molecular complexity index is 1200. The number of hydrogen-bond donors (Lipinski definition) is 0. The Kier molecular flexibility index (Phi) is 6.65. The second-order valence-corrected chi connectivity index (χ2v) is 8.31. The van der Waals surface area contributed by atoms with Gasteiger partial charge in [0.25, 0.3) is 5.56 Å². The Balaban J connectivity index is 1.70. The average Bonchev–Trinajstić information content (AvgIpc) is 2.86. The van der Waals surface area contributed by atoms with Gasteiger partial charge >= 0.3 is 5.97 Å². The van der Waals surface area contributed by atoms with Gasteiger partial charge in [0, 0.05) is 37.7 Å². The minimum absolute atomic E-state index is 0.0371. The van der Waals surface area contributed by atoms with Gasteiger partial charge in [0.1, 0.15) is 11.5 Å². The Hall–Kier alpha value is -3.39. The third-order valence-corrected chi connectivity index (χ3v) is 6.41. The number of hydrogen-bond acceptors (Lipinski definition) is 7. The molecule has 0 spiro atoms. The van der Waals surface area contributed by atoms with Crippen LogP contribution in [-0.4, -0.2) is 54.8 Å². The van der Waals surface area contributed by atoms with Crippen LogP contribution in [0.2, 0.25) is 0 Å². The highest BCUT2D eigenvalue weighted by Gasteiger charge is 2.27. The number of pyridine rings is 2.